The highest BCUT2D eigenvalue weighted by atomic mass is 16.5. The SMILES string of the molecule is CC1(C)Oc2ccccc2C(O)C1N1CCC(C(N)=O)CC1. The summed E-state index contributed by atoms with van der Waals surface area (Å²) in [6.45, 7) is 5.53. The highest BCUT2D eigenvalue weighted by molar-refractivity contribution is 5.76. The molecule has 2 heterocycles. The first-order valence-electron chi connectivity index (χ1n) is 7.89. The van der Waals surface area contributed by atoms with Crippen LogP contribution in [-0.2, 0) is 4.79 Å². The van der Waals surface area contributed by atoms with Gasteiger partial charge in [0.1, 0.15) is 17.5 Å². The number of aliphatic hydroxyl groups excluding tert-OH is 1. The van der Waals surface area contributed by atoms with Gasteiger partial charge in [0.25, 0.3) is 0 Å². The van der Waals surface area contributed by atoms with Crippen LogP contribution in [0.15, 0.2) is 24.3 Å². The van der Waals surface area contributed by atoms with Crippen LogP contribution < -0.4 is 10.5 Å². The molecule has 120 valence electrons. The number of primary amides is 1. The minimum absolute atomic E-state index is 0.0479. The molecule has 1 aromatic rings. The summed E-state index contributed by atoms with van der Waals surface area (Å²) in [6.07, 6.45) is 0.900. The quantitative estimate of drug-likeness (QED) is 0.867. The molecular weight excluding hydrogens is 280 g/mol. The van der Waals surface area contributed by atoms with Gasteiger partial charge in [-0.3, -0.25) is 9.69 Å². The van der Waals surface area contributed by atoms with E-state index in [0.717, 1.165) is 37.2 Å². The molecule has 2 atom stereocenters. The summed E-state index contributed by atoms with van der Waals surface area (Å²) in [6, 6.07) is 7.52. The predicted molar refractivity (Wildman–Crippen MR) is 83.4 cm³/mol. The van der Waals surface area contributed by atoms with Gasteiger partial charge in [0, 0.05) is 11.5 Å². The van der Waals surface area contributed by atoms with Crippen molar-refractivity contribution in [3.8, 4) is 5.75 Å². The van der Waals surface area contributed by atoms with Crippen LogP contribution in [0, 0.1) is 5.92 Å². The molecule has 1 aromatic carbocycles. The highest BCUT2D eigenvalue weighted by Crippen LogP contribution is 2.42. The summed E-state index contributed by atoms with van der Waals surface area (Å²) in [7, 11) is 0. The van der Waals surface area contributed by atoms with Crippen molar-refractivity contribution in [1.82, 2.24) is 4.90 Å². The number of ether oxygens (including phenoxy) is 1. The Bertz CT molecular complexity index is 565. The normalized spacial score (nSPS) is 28.7. The lowest BCUT2D eigenvalue weighted by Crippen LogP contribution is -2.59. The van der Waals surface area contributed by atoms with Crippen molar-refractivity contribution in [3.63, 3.8) is 0 Å². The zero-order chi connectivity index (χ0) is 15.9. The highest BCUT2D eigenvalue weighted by Gasteiger charge is 2.47. The van der Waals surface area contributed by atoms with Crippen molar-refractivity contribution in [1.29, 1.82) is 0 Å². The van der Waals surface area contributed by atoms with Crippen LogP contribution in [-0.4, -0.2) is 40.6 Å². The summed E-state index contributed by atoms with van der Waals surface area (Å²) in [5, 5.41) is 10.9. The van der Waals surface area contributed by atoms with Crippen molar-refractivity contribution >= 4 is 5.91 Å². The predicted octanol–water partition coefficient (Wildman–Crippen LogP) is 1.46. The fourth-order valence-electron chi connectivity index (χ4n) is 3.81. The second-order valence-corrected chi connectivity index (χ2v) is 6.85. The molecule has 22 heavy (non-hydrogen) atoms. The molecule has 3 N–H and O–H groups in total. The number of nitrogens with zero attached hydrogens (tertiary/aromatic N) is 1. The minimum atomic E-state index is -0.593. The first kappa shape index (κ1) is 15.3. The van der Waals surface area contributed by atoms with Gasteiger partial charge in [-0.25, -0.2) is 0 Å². The van der Waals surface area contributed by atoms with E-state index in [0.29, 0.717) is 0 Å². The molecule has 5 nitrogen and oxygen atoms in total. The maximum atomic E-state index is 11.3. The molecule has 1 fully saturated rings. The summed E-state index contributed by atoms with van der Waals surface area (Å²) in [5.41, 5.74) is 5.75. The van der Waals surface area contributed by atoms with Crippen molar-refractivity contribution in [2.75, 3.05) is 13.1 Å². The molecule has 1 amide bonds. The van der Waals surface area contributed by atoms with Gasteiger partial charge in [0.2, 0.25) is 5.91 Å². The van der Waals surface area contributed by atoms with Gasteiger partial charge in [-0.05, 0) is 45.8 Å². The number of carbonyl (C=O) groups excluding carboxylic acids is 1. The van der Waals surface area contributed by atoms with Gasteiger partial charge in [0.15, 0.2) is 0 Å². The van der Waals surface area contributed by atoms with Crippen LogP contribution in [0.4, 0.5) is 0 Å². The number of rotatable bonds is 2. The topological polar surface area (TPSA) is 75.8 Å². The van der Waals surface area contributed by atoms with Gasteiger partial charge in [-0.2, -0.15) is 0 Å². The molecule has 0 spiro atoms. The van der Waals surface area contributed by atoms with E-state index in [1.807, 2.05) is 38.1 Å². The van der Waals surface area contributed by atoms with E-state index in [1.165, 1.54) is 0 Å². The fourth-order valence-corrected chi connectivity index (χ4v) is 3.81. The maximum Gasteiger partial charge on any atom is 0.220 e. The molecule has 0 saturated carbocycles. The number of carbonyl (C=O) groups is 1. The minimum Gasteiger partial charge on any atom is -0.486 e. The third-order valence-corrected chi connectivity index (χ3v) is 4.95. The van der Waals surface area contributed by atoms with E-state index in [2.05, 4.69) is 4.90 Å². The second kappa shape index (κ2) is 5.56. The van der Waals surface area contributed by atoms with Crippen molar-refractivity contribution in [2.45, 2.75) is 44.4 Å². The number of likely N-dealkylation sites (tertiary alicyclic amines) is 1. The summed E-state index contributed by atoms with van der Waals surface area (Å²) in [4.78, 5) is 13.6. The second-order valence-electron chi connectivity index (χ2n) is 6.85. The van der Waals surface area contributed by atoms with Crippen molar-refractivity contribution in [2.24, 2.45) is 11.7 Å². The first-order valence-corrected chi connectivity index (χ1v) is 7.89. The summed E-state index contributed by atoms with van der Waals surface area (Å²) >= 11 is 0. The molecule has 5 heteroatoms. The lowest BCUT2D eigenvalue weighted by atomic mass is 9.83. The number of amides is 1. The summed E-state index contributed by atoms with van der Waals surface area (Å²) < 4.78 is 6.14. The average molecular weight is 304 g/mol. The molecule has 3 rings (SSSR count). The van der Waals surface area contributed by atoms with Crippen LogP contribution >= 0.6 is 0 Å². The number of para-hydroxylation sites is 1. The molecule has 0 aliphatic carbocycles. The van der Waals surface area contributed by atoms with Gasteiger partial charge in [0.05, 0.1) is 6.04 Å². The number of aliphatic hydroxyl groups is 1. The van der Waals surface area contributed by atoms with Crippen LogP contribution in [0.25, 0.3) is 0 Å². The van der Waals surface area contributed by atoms with Gasteiger partial charge in [-0.15, -0.1) is 0 Å². The molecule has 0 aromatic heterocycles. The van der Waals surface area contributed by atoms with Gasteiger partial charge < -0.3 is 15.6 Å². The van der Waals surface area contributed by atoms with E-state index in [1.54, 1.807) is 0 Å². The first-order chi connectivity index (χ1) is 10.4. The van der Waals surface area contributed by atoms with E-state index in [-0.39, 0.29) is 17.9 Å². The zero-order valence-electron chi connectivity index (χ0n) is 13.2. The molecule has 0 bridgehead atoms. The standard InChI is InChI=1S/C17H24N2O3/c1-17(2)15(19-9-7-11(8-10-19)16(18)21)14(20)12-5-3-4-6-13(12)22-17/h3-6,11,14-15,20H,7-10H2,1-2H3,(H2,18,21). The van der Waals surface area contributed by atoms with Crippen molar-refractivity contribution < 1.29 is 14.6 Å². The Labute approximate surface area is 131 Å². The smallest absolute Gasteiger partial charge is 0.220 e. The monoisotopic (exact) mass is 304 g/mol. The Balaban J connectivity index is 1.83. The number of hydrogen-bond acceptors (Lipinski definition) is 4. The number of piperidine rings is 1. The Morgan fingerprint density at radius 3 is 2.59 bits per heavy atom. The number of fused-ring (bicyclic) bond motifs is 1. The van der Waals surface area contributed by atoms with Gasteiger partial charge >= 0.3 is 0 Å². The number of nitrogens with two attached hydrogens (primary N) is 1. The zero-order valence-corrected chi connectivity index (χ0v) is 13.2. The maximum absolute atomic E-state index is 11.3. The van der Waals surface area contributed by atoms with Crippen LogP contribution in [0.1, 0.15) is 38.4 Å². The Kier molecular flexibility index (Phi) is 3.87. The van der Waals surface area contributed by atoms with Crippen LogP contribution in [0.2, 0.25) is 0 Å². The van der Waals surface area contributed by atoms with E-state index in [9.17, 15) is 9.90 Å². The molecule has 2 unspecified atom stereocenters. The third kappa shape index (κ3) is 2.59. The lowest BCUT2D eigenvalue weighted by molar-refractivity contribution is -0.125. The van der Waals surface area contributed by atoms with Crippen LogP contribution in [0.5, 0.6) is 5.75 Å². The summed E-state index contributed by atoms with van der Waals surface area (Å²) in [5.74, 6) is 0.487. The largest absolute Gasteiger partial charge is 0.486 e. The molecular formula is C17H24N2O3. The average Bonchev–Trinajstić information content (AvgIpc) is 2.47. The molecule has 0 radical (unpaired) electrons. The number of benzene rings is 1. The lowest BCUT2D eigenvalue weighted by Gasteiger charge is -2.49. The Morgan fingerprint density at radius 1 is 1.32 bits per heavy atom. The van der Waals surface area contributed by atoms with Crippen molar-refractivity contribution in [3.05, 3.63) is 29.8 Å². The molecule has 2 aliphatic rings. The Hall–Kier alpha value is -1.59. The number of hydrogen-bond donors (Lipinski definition) is 2. The Morgan fingerprint density at radius 2 is 1.95 bits per heavy atom. The fraction of sp³-hybridized carbons (Fsp3) is 0.588. The third-order valence-electron chi connectivity index (χ3n) is 4.95. The van der Waals surface area contributed by atoms with Crippen LogP contribution in [0.3, 0.4) is 0 Å². The van der Waals surface area contributed by atoms with E-state index >= 15 is 0 Å². The molecule has 2 aliphatic heterocycles. The van der Waals surface area contributed by atoms with E-state index in [4.69, 9.17) is 10.5 Å². The van der Waals surface area contributed by atoms with E-state index < -0.39 is 11.7 Å². The molecule has 1 saturated heterocycles. The van der Waals surface area contributed by atoms with Gasteiger partial charge in [-0.1, -0.05) is 18.2 Å².